The maximum Gasteiger partial charge on any atom is 0.174 e. The summed E-state index contributed by atoms with van der Waals surface area (Å²) >= 11 is 19.6. The van der Waals surface area contributed by atoms with E-state index in [9.17, 15) is 14.9 Å². The lowest BCUT2D eigenvalue weighted by atomic mass is 9.81. The Morgan fingerprint density at radius 2 is 1.84 bits per heavy atom. The van der Waals surface area contributed by atoms with Gasteiger partial charge in [0.1, 0.15) is 0 Å². The maximum atomic E-state index is 12.7. The summed E-state index contributed by atoms with van der Waals surface area (Å²) in [5.41, 5.74) is 2.45. The van der Waals surface area contributed by atoms with E-state index in [0.717, 1.165) is 0 Å². The zero-order valence-corrected chi connectivity index (χ0v) is 19.7. The van der Waals surface area contributed by atoms with Gasteiger partial charge in [0.25, 0.3) is 0 Å². The van der Waals surface area contributed by atoms with Crippen molar-refractivity contribution in [2.45, 2.75) is 19.8 Å². The molecule has 4 nitrogen and oxygen atoms in total. The number of nitrogens with zero attached hydrogens (tertiary/aromatic N) is 1. The zero-order valence-electron chi connectivity index (χ0n) is 16.6. The van der Waals surface area contributed by atoms with Gasteiger partial charge in [0, 0.05) is 26.9 Å². The molecule has 158 valence electrons. The van der Waals surface area contributed by atoms with Gasteiger partial charge in [0.2, 0.25) is 0 Å². The molecule has 31 heavy (non-hydrogen) atoms. The highest BCUT2D eigenvalue weighted by atomic mass is 35.5. The molecule has 8 heteroatoms. The molecule has 1 aliphatic heterocycles. The third-order valence-electron chi connectivity index (χ3n) is 4.82. The van der Waals surface area contributed by atoms with Crippen LogP contribution in [0.2, 0.25) is 15.1 Å². The van der Waals surface area contributed by atoms with Crippen molar-refractivity contribution in [2.75, 3.05) is 5.75 Å². The highest BCUT2D eigenvalue weighted by Crippen LogP contribution is 2.43. The van der Waals surface area contributed by atoms with Gasteiger partial charge in [-0.15, -0.1) is 0 Å². The fourth-order valence-corrected chi connectivity index (χ4v) is 5.18. The number of hydrogen-bond donors (Lipinski definition) is 1. The van der Waals surface area contributed by atoms with Crippen LogP contribution in [0, 0.1) is 11.3 Å². The van der Waals surface area contributed by atoms with Gasteiger partial charge >= 0.3 is 0 Å². The van der Waals surface area contributed by atoms with Crippen molar-refractivity contribution in [3.8, 4) is 6.07 Å². The molecule has 3 rings (SSSR count). The summed E-state index contributed by atoms with van der Waals surface area (Å²) in [5.74, 6) is -0.927. The Balaban J connectivity index is 1.98. The van der Waals surface area contributed by atoms with Crippen molar-refractivity contribution in [2.24, 2.45) is 0 Å². The standard InChI is InChI=1S/C23H17Cl3N2O2S/c1-12-21(13(2)29)22(16-5-3-4-6-18(16)25)17(10-27)23(28-12)31-11-20(30)15-8-7-14(24)9-19(15)26/h3-9,22,28H,11H2,1-2H3. The molecule has 2 aromatic rings. The summed E-state index contributed by atoms with van der Waals surface area (Å²) in [7, 11) is 0. The van der Waals surface area contributed by atoms with E-state index < -0.39 is 5.92 Å². The largest absolute Gasteiger partial charge is 0.353 e. The number of carbonyl (C=O) groups excluding carboxylic acids is 2. The monoisotopic (exact) mass is 490 g/mol. The lowest BCUT2D eigenvalue weighted by Crippen LogP contribution is -2.27. The number of nitrogens with one attached hydrogen (secondary N) is 1. The molecule has 1 N–H and O–H groups in total. The van der Waals surface area contributed by atoms with E-state index >= 15 is 0 Å². The van der Waals surface area contributed by atoms with Crippen LogP contribution in [0.4, 0.5) is 0 Å². The molecule has 0 saturated carbocycles. The molecule has 0 aliphatic carbocycles. The number of carbonyl (C=O) groups is 2. The first-order valence-electron chi connectivity index (χ1n) is 9.23. The normalized spacial score (nSPS) is 16.1. The van der Waals surface area contributed by atoms with Crippen LogP contribution in [0.5, 0.6) is 0 Å². The number of benzene rings is 2. The molecule has 0 radical (unpaired) electrons. The van der Waals surface area contributed by atoms with Crippen LogP contribution in [0.25, 0.3) is 0 Å². The van der Waals surface area contributed by atoms with Gasteiger partial charge in [-0.1, -0.05) is 64.8 Å². The Morgan fingerprint density at radius 1 is 1.13 bits per heavy atom. The van der Waals surface area contributed by atoms with Crippen molar-refractivity contribution in [3.63, 3.8) is 0 Å². The number of nitriles is 1. The Kier molecular flexibility index (Phi) is 7.51. The first-order chi connectivity index (χ1) is 14.7. The van der Waals surface area contributed by atoms with Crippen LogP contribution in [0.3, 0.4) is 0 Å². The van der Waals surface area contributed by atoms with E-state index in [-0.39, 0.29) is 22.3 Å². The number of ketones is 2. The zero-order chi connectivity index (χ0) is 22.7. The van der Waals surface area contributed by atoms with Crippen LogP contribution in [0.1, 0.15) is 35.7 Å². The Morgan fingerprint density at radius 3 is 2.45 bits per heavy atom. The number of allylic oxidation sites excluding steroid dienone is 3. The van der Waals surface area contributed by atoms with Crippen LogP contribution in [-0.4, -0.2) is 17.3 Å². The summed E-state index contributed by atoms with van der Waals surface area (Å²) in [6, 6.07) is 14.0. The van der Waals surface area contributed by atoms with Gasteiger partial charge in [0.05, 0.1) is 33.4 Å². The molecule has 1 heterocycles. The number of Topliss-reactive ketones (excluding diaryl/α,β-unsaturated/α-hetero) is 2. The van der Waals surface area contributed by atoms with Gasteiger partial charge in [-0.25, -0.2) is 0 Å². The van der Waals surface area contributed by atoms with E-state index in [1.807, 2.05) is 6.07 Å². The first-order valence-corrected chi connectivity index (χ1v) is 11.3. The maximum absolute atomic E-state index is 12.7. The topological polar surface area (TPSA) is 70.0 Å². The molecular weight excluding hydrogens is 475 g/mol. The third kappa shape index (κ3) is 4.99. The average molecular weight is 492 g/mol. The molecule has 0 saturated heterocycles. The predicted octanol–water partition coefficient (Wildman–Crippen LogP) is 6.55. The molecule has 0 spiro atoms. The smallest absolute Gasteiger partial charge is 0.174 e. The minimum absolute atomic E-state index is 0.0484. The minimum atomic E-state index is -0.617. The number of dihydropyridines is 1. The molecule has 0 bridgehead atoms. The third-order valence-corrected chi connectivity index (χ3v) is 6.73. The molecule has 2 aromatic carbocycles. The molecule has 1 aliphatic rings. The van der Waals surface area contributed by atoms with E-state index in [1.165, 1.54) is 24.8 Å². The quantitative estimate of drug-likeness (QED) is 0.464. The van der Waals surface area contributed by atoms with Crippen molar-refractivity contribution in [1.82, 2.24) is 5.32 Å². The lowest BCUT2D eigenvalue weighted by Gasteiger charge is -2.29. The molecule has 1 unspecified atom stereocenters. The first kappa shape index (κ1) is 23.4. The number of hydrogen-bond acceptors (Lipinski definition) is 5. The molecule has 0 fully saturated rings. The minimum Gasteiger partial charge on any atom is -0.353 e. The Hall–Kier alpha value is -2.23. The van der Waals surface area contributed by atoms with E-state index in [4.69, 9.17) is 34.8 Å². The fraction of sp³-hybridized carbons (Fsp3) is 0.174. The second kappa shape index (κ2) is 9.93. The van der Waals surface area contributed by atoms with E-state index in [2.05, 4.69) is 11.4 Å². The van der Waals surface area contributed by atoms with Crippen molar-refractivity contribution >= 4 is 58.1 Å². The summed E-state index contributed by atoms with van der Waals surface area (Å²) < 4.78 is 0. The molecule has 0 amide bonds. The van der Waals surface area contributed by atoms with Gasteiger partial charge < -0.3 is 5.32 Å². The van der Waals surface area contributed by atoms with E-state index in [1.54, 1.807) is 37.3 Å². The van der Waals surface area contributed by atoms with Gasteiger partial charge in [-0.3, -0.25) is 9.59 Å². The number of halogens is 3. The van der Waals surface area contributed by atoms with Crippen LogP contribution < -0.4 is 5.32 Å². The van der Waals surface area contributed by atoms with Crippen LogP contribution in [-0.2, 0) is 4.79 Å². The van der Waals surface area contributed by atoms with Gasteiger partial charge in [-0.2, -0.15) is 5.26 Å². The predicted molar refractivity (Wildman–Crippen MR) is 127 cm³/mol. The molecule has 1 atom stereocenters. The number of rotatable bonds is 6. The Labute approximate surface area is 199 Å². The average Bonchev–Trinajstić information content (AvgIpc) is 2.71. The Bertz CT molecular complexity index is 1180. The molecule has 0 aromatic heterocycles. The lowest BCUT2D eigenvalue weighted by molar-refractivity contribution is -0.113. The van der Waals surface area contributed by atoms with Gasteiger partial charge in [-0.05, 0) is 43.7 Å². The summed E-state index contributed by atoms with van der Waals surface area (Å²) in [6.45, 7) is 3.23. The van der Waals surface area contributed by atoms with Gasteiger partial charge in [0.15, 0.2) is 11.6 Å². The van der Waals surface area contributed by atoms with Crippen molar-refractivity contribution < 1.29 is 9.59 Å². The number of thioether (sulfide) groups is 1. The second-order valence-electron chi connectivity index (χ2n) is 6.87. The highest BCUT2D eigenvalue weighted by Gasteiger charge is 2.34. The van der Waals surface area contributed by atoms with Crippen molar-refractivity contribution in [1.29, 1.82) is 5.26 Å². The van der Waals surface area contributed by atoms with E-state index in [0.29, 0.717) is 43.0 Å². The summed E-state index contributed by atoms with van der Waals surface area (Å²) in [5, 5.41) is 14.8. The van der Waals surface area contributed by atoms with Crippen LogP contribution >= 0.6 is 46.6 Å². The fourth-order valence-electron chi connectivity index (χ4n) is 3.44. The highest BCUT2D eigenvalue weighted by molar-refractivity contribution is 8.03. The summed E-state index contributed by atoms with van der Waals surface area (Å²) in [6.07, 6.45) is 0. The van der Waals surface area contributed by atoms with Crippen molar-refractivity contribution in [3.05, 3.63) is 90.5 Å². The second-order valence-corrected chi connectivity index (χ2v) is 9.10. The molecular formula is C23H17Cl3N2O2S. The summed E-state index contributed by atoms with van der Waals surface area (Å²) in [4.78, 5) is 25.1. The SMILES string of the molecule is CC(=O)C1=C(C)NC(SCC(=O)c2ccc(Cl)cc2Cl)=C(C#N)C1c1ccccc1Cl. The van der Waals surface area contributed by atoms with Crippen LogP contribution in [0.15, 0.2) is 64.3 Å².